The molecule has 1 atom stereocenters. The normalized spacial score (nSPS) is 12.0. The van der Waals surface area contributed by atoms with E-state index in [2.05, 4.69) is 5.32 Å². The predicted octanol–water partition coefficient (Wildman–Crippen LogP) is 4.24. The molecule has 1 amide bonds. The van der Waals surface area contributed by atoms with Crippen molar-refractivity contribution >= 4 is 11.6 Å². The zero-order valence-electron chi connectivity index (χ0n) is 11.4. The quantitative estimate of drug-likeness (QED) is 0.839. The maximum absolute atomic E-state index is 13.5. The summed E-state index contributed by atoms with van der Waals surface area (Å²) in [6.07, 6.45) is 0.114. The first-order valence-corrected chi connectivity index (χ1v) is 6.47. The Hall–Kier alpha value is -2.30. The molecule has 1 N–H and O–H groups in total. The van der Waals surface area contributed by atoms with E-state index in [1.54, 1.807) is 0 Å². The molecule has 0 unspecified atom stereocenters. The van der Waals surface area contributed by atoms with Crippen molar-refractivity contribution in [3.63, 3.8) is 0 Å². The van der Waals surface area contributed by atoms with Crippen molar-refractivity contribution in [1.82, 2.24) is 0 Å². The first-order chi connectivity index (χ1) is 9.99. The molecule has 2 nitrogen and oxygen atoms in total. The van der Waals surface area contributed by atoms with E-state index in [9.17, 15) is 18.0 Å². The molecule has 21 heavy (non-hydrogen) atoms. The van der Waals surface area contributed by atoms with Gasteiger partial charge >= 0.3 is 0 Å². The number of halogens is 3. The number of carbonyl (C=O) groups excluding carboxylic acids is 1. The Morgan fingerprint density at radius 1 is 1.05 bits per heavy atom. The van der Waals surface area contributed by atoms with Gasteiger partial charge in [0.1, 0.15) is 0 Å². The number of benzene rings is 2. The van der Waals surface area contributed by atoms with Crippen LogP contribution in [0.1, 0.15) is 24.8 Å². The van der Waals surface area contributed by atoms with Crippen molar-refractivity contribution in [3.05, 3.63) is 65.5 Å². The van der Waals surface area contributed by atoms with Crippen LogP contribution < -0.4 is 5.32 Å². The number of rotatable bonds is 4. The lowest BCUT2D eigenvalue weighted by molar-refractivity contribution is -0.116. The van der Waals surface area contributed by atoms with Crippen LogP contribution in [-0.2, 0) is 4.79 Å². The molecule has 0 aliphatic heterocycles. The Morgan fingerprint density at radius 3 is 2.38 bits per heavy atom. The standard InChI is InChI=1S/C16H14F3NO/c1-10(11-5-3-2-4-6-11)9-14(21)20-13-8-7-12(17)15(18)16(13)19/h2-8,10H,9H2,1H3,(H,20,21)/t10-/m1/s1. The first-order valence-electron chi connectivity index (χ1n) is 6.47. The van der Waals surface area contributed by atoms with E-state index in [0.29, 0.717) is 0 Å². The summed E-state index contributed by atoms with van der Waals surface area (Å²) in [6, 6.07) is 11.1. The van der Waals surface area contributed by atoms with E-state index in [4.69, 9.17) is 0 Å². The number of nitrogens with one attached hydrogen (secondary N) is 1. The highest BCUT2D eigenvalue weighted by Gasteiger charge is 2.17. The third kappa shape index (κ3) is 3.62. The average molecular weight is 293 g/mol. The van der Waals surface area contributed by atoms with Gasteiger partial charge in [-0.25, -0.2) is 13.2 Å². The van der Waals surface area contributed by atoms with Crippen molar-refractivity contribution < 1.29 is 18.0 Å². The molecule has 0 saturated carbocycles. The molecule has 0 aliphatic carbocycles. The molecule has 0 bridgehead atoms. The van der Waals surface area contributed by atoms with Crippen molar-refractivity contribution in [2.45, 2.75) is 19.3 Å². The van der Waals surface area contributed by atoms with Gasteiger partial charge in [-0.3, -0.25) is 4.79 Å². The second-order valence-electron chi connectivity index (χ2n) is 4.79. The SMILES string of the molecule is C[C@H](CC(=O)Nc1ccc(F)c(F)c1F)c1ccccc1. The van der Waals surface area contributed by atoms with Crippen LogP contribution in [0.2, 0.25) is 0 Å². The summed E-state index contributed by atoms with van der Waals surface area (Å²) in [7, 11) is 0. The van der Waals surface area contributed by atoms with E-state index in [1.165, 1.54) is 0 Å². The summed E-state index contributed by atoms with van der Waals surface area (Å²) < 4.78 is 39.3. The van der Waals surface area contributed by atoms with Crippen molar-refractivity contribution in [2.24, 2.45) is 0 Å². The van der Waals surface area contributed by atoms with Gasteiger partial charge in [0.05, 0.1) is 5.69 Å². The van der Waals surface area contributed by atoms with Gasteiger partial charge < -0.3 is 5.32 Å². The summed E-state index contributed by atoms with van der Waals surface area (Å²) in [6.45, 7) is 1.86. The molecule has 110 valence electrons. The fourth-order valence-electron chi connectivity index (χ4n) is 2.00. The summed E-state index contributed by atoms with van der Waals surface area (Å²) in [5.41, 5.74) is 0.609. The maximum atomic E-state index is 13.5. The molecule has 2 aromatic carbocycles. The van der Waals surface area contributed by atoms with Crippen LogP contribution in [0.15, 0.2) is 42.5 Å². The molecular formula is C16H14F3NO. The second kappa shape index (κ2) is 6.43. The molecule has 0 saturated heterocycles. The summed E-state index contributed by atoms with van der Waals surface area (Å²) >= 11 is 0. The van der Waals surface area contributed by atoms with Crippen LogP contribution in [0.5, 0.6) is 0 Å². The third-order valence-corrected chi connectivity index (χ3v) is 3.17. The number of anilines is 1. The Bertz CT molecular complexity index is 643. The molecule has 0 aromatic heterocycles. The highest BCUT2D eigenvalue weighted by atomic mass is 19.2. The van der Waals surface area contributed by atoms with Crippen LogP contribution >= 0.6 is 0 Å². The summed E-state index contributed by atoms with van der Waals surface area (Å²) in [5.74, 6) is -4.81. The third-order valence-electron chi connectivity index (χ3n) is 3.17. The maximum Gasteiger partial charge on any atom is 0.225 e. The number of hydrogen-bond acceptors (Lipinski definition) is 1. The minimum Gasteiger partial charge on any atom is -0.323 e. The number of hydrogen-bond donors (Lipinski definition) is 1. The Kier molecular flexibility index (Phi) is 4.62. The zero-order valence-corrected chi connectivity index (χ0v) is 11.4. The van der Waals surface area contributed by atoms with E-state index in [-0.39, 0.29) is 18.0 Å². The minimum atomic E-state index is -1.59. The van der Waals surface area contributed by atoms with Crippen LogP contribution in [-0.4, -0.2) is 5.91 Å². The highest BCUT2D eigenvalue weighted by Crippen LogP contribution is 2.22. The number of amides is 1. The molecular weight excluding hydrogens is 279 g/mol. The highest BCUT2D eigenvalue weighted by molar-refractivity contribution is 5.91. The molecule has 0 spiro atoms. The fraction of sp³-hybridized carbons (Fsp3) is 0.188. The Labute approximate surface area is 120 Å². The van der Waals surface area contributed by atoms with Gasteiger partial charge in [0.15, 0.2) is 17.5 Å². The second-order valence-corrected chi connectivity index (χ2v) is 4.79. The summed E-state index contributed by atoms with van der Waals surface area (Å²) in [4.78, 5) is 11.9. The lowest BCUT2D eigenvalue weighted by Gasteiger charge is -2.12. The molecule has 2 aromatic rings. The molecule has 2 rings (SSSR count). The zero-order chi connectivity index (χ0) is 15.4. The van der Waals surface area contributed by atoms with E-state index >= 15 is 0 Å². The lowest BCUT2D eigenvalue weighted by Crippen LogP contribution is -2.16. The molecule has 5 heteroatoms. The van der Waals surface area contributed by atoms with E-state index < -0.39 is 23.4 Å². The molecule has 0 radical (unpaired) electrons. The van der Waals surface area contributed by atoms with Crippen molar-refractivity contribution in [3.8, 4) is 0 Å². The van der Waals surface area contributed by atoms with Crippen LogP contribution in [0.4, 0.5) is 18.9 Å². The minimum absolute atomic E-state index is 0.0699. The molecule has 0 heterocycles. The van der Waals surface area contributed by atoms with Gasteiger partial charge in [0.25, 0.3) is 0 Å². The number of carbonyl (C=O) groups is 1. The van der Waals surface area contributed by atoms with Crippen LogP contribution in [0, 0.1) is 17.5 Å². The monoisotopic (exact) mass is 293 g/mol. The lowest BCUT2D eigenvalue weighted by atomic mass is 9.97. The average Bonchev–Trinajstić information content (AvgIpc) is 2.49. The van der Waals surface area contributed by atoms with Gasteiger partial charge in [0.2, 0.25) is 5.91 Å². The smallest absolute Gasteiger partial charge is 0.225 e. The summed E-state index contributed by atoms with van der Waals surface area (Å²) in [5, 5.41) is 2.26. The molecule has 0 fully saturated rings. The topological polar surface area (TPSA) is 29.1 Å². The van der Waals surface area contributed by atoms with Gasteiger partial charge in [-0.05, 0) is 23.6 Å². The van der Waals surface area contributed by atoms with Crippen LogP contribution in [0.3, 0.4) is 0 Å². The van der Waals surface area contributed by atoms with Gasteiger partial charge in [0, 0.05) is 6.42 Å². The fourth-order valence-corrected chi connectivity index (χ4v) is 2.00. The Balaban J connectivity index is 2.04. The van der Waals surface area contributed by atoms with Gasteiger partial charge in [-0.15, -0.1) is 0 Å². The molecule has 0 aliphatic rings. The van der Waals surface area contributed by atoms with E-state index in [0.717, 1.165) is 17.7 Å². The first kappa shape index (κ1) is 15.1. The van der Waals surface area contributed by atoms with Crippen LogP contribution in [0.25, 0.3) is 0 Å². The Morgan fingerprint density at radius 2 is 1.71 bits per heavy atom. The van der Waals surface area contributed by atoms with E-state index in [1.807, 2.05) is 37.3 Å². The largest absolute Gasteiger partial charge is 0.323 e. The van der Waals surface area contributed by atoms with Gasteiger partial charge in [-0.2, -0.15) is 0 Å². The van der Waals surface area contributed by atoms with Gasteiger partial charge in [-0.1, -0.05) is 37.3 Å². The van der Waals surface area contributed by atoms with Crippen molar-refractivity contribution in [1.29, 1.82) is 0 Å². The predicted molar refractivity (Wildman–Crippen MR) is 74.4 cm³/mol. The van der Waals surface area contributed by atoms with Crippen molar-refractivity contribution in [2.75, 3.05) is 5.32 Å².